The van der Waals surface area contributed by atoms with Crippen LogP contribution < -0.4 is 14.8 Å². The van der Waals surface area contributed by atoms with Crippen LogP contribution in [-0.2, 0) is 4.79 Å². The van der Waals surface area contributed by atoms with Crippen molar-refractivity contribution in [2.75, 3.05) is 12.1 Å². The number of carbonyl (C=O) groups excluding carboxylic acids is 1. The van der Waals surface area contributed by atoms with Crippen LogP contribution in [0.15, 0.2) is 30.3 Å². The monoisotopic (exact) mass is 319 g/mol. The molecule has 2 aromatic rings. The number of carbonyl (C=O) groups is 1. The number of anilines is 1. The highest BCUT2D eigenvalue weighted by Crippen LogP contribution is 2.46. The zero-order valence-corrected chi connectivity index (χ0v) is 12.1. The molecule has 2 aliphatic rings. The number of rotatable bonds is 1. The van der Waals surface area contributed by atoms with Crippen LogP contribution in [0.4, 0.5) is 10.1 Å². The minimum atomic E-state index is -0.452. The number of halogens is 2. The molecule has 0 aliphatic carbocycles. The summed E-state index contributed by atoms with van der Waals surface area (Å²) in [6.45, 7) is 0.136. The highest BCUT2D eigenvalue weighted by Gasteiger charge is 2.32. The van der Waals surface area contributed by atoms with Gasteiger partial charge in [-0.1, -0.05) is 17.7 Å². The maximum atomic E-state index is 14.3. The standard InChI is InChI=1S/C16H11ClFNO3/c17-10-2-1-3-11(18)16(10)9-5-15(20)19-12-6-14-13(4-8(9)12)21-7-22-14/h1-4,6,9H,5,7H2,(H,19,20). The summed E-state index contributed by atoms with van der Waals surface area (Å²) in [7, 11) is 0. The van der Waals surface area contributed by atoms with Crippen molar-refractivity contribution >= 4 is 23.2 Å². The fourth-order valence-electron chi connectivity index (χ4n) is 2.95. The third kappa shape index (κ3) is 2.01. The van der Waals surface area contributed by atoms with Crippen LogP contribution in [0.3, 0.4) is 0 Å². The van der Waals surface area contributed by atoms with Crippen molar-refractivity contribution in [3.8, 4) is 11.5 Å². The normalized spacial score (nSPS) is 18.8. The molecule has 1 N–H and O–H groups in total. The lowest BCUT2D eigenvalue weighted by molar-refractivity contribution is -0.116. The third-order valence-corrected chi connectivity index (χ3v) is 4.26. The van der Waals surface area contributed by atoms with E-state index in [0.29, 0.717) is 27.8 Å². The Kier molecular flexibility index (Phi) is 2.97. The van der Waals surface area contributed by atoms with Crippen molar-refractivity contribution in [1.82, 2.24) is 0 Å². The number of fused-ring (bicyclic) bond motifs is 2. The van der Waals surface area contributed by atoms with E-state index in [4.69, 9.17) is 21.1 Å². The van der Waals surface area contributed by atoms with E-state index >= 15 is 0 Å². The van der Waals surface area contributed by atoms with Crippen molar-refractivity contribution in [1.29, 1.82) is 0 Å². The summed E-state index contributed by atoms with van der Waals surface area (Å²) in [5.74, 6) is 0.102. The van der Waals surface area contributed by atoms with E-state index in [-0.39, 0.29) is 19.1 Å². The molecule has 0 spiro atoms. The molecule has 1 amide bonds. The van der Waals surface area contributed by atoms with E-state index in [1.807, 2.05) is 0 Å². The van der Waals surface area contributed by atoms with Gasteiger partial charge in [0, 0.05) is 34.7 Å². The van der Waals surface area contributed by atoms with Crippen LogP contribution in [-0.4, -0.2) is 12.7 Å². The van der Waals surface area contributed by atoms with Crippen molar-refractivity contribution in [3.05, 3.63) is 52.3 Å². The fourth-order valence-corrected chi connectivity index (χ4v) is 3.25. The Labute approximate surface area is 130 Å². The molecule has 6 heteroatoms. The molecule has 2 aromatic carbocycles. The predicted molar refractivity (Wildman–Crippen MR) is 79.1 cm³/mol. The Morgan fingerprint density at radius 3 is 2.77 bits per heavy atom. The van der Waals surface area contributed by atoms with Crippen LogP contribution in [0.1, 0.15) is 23.5 Å². The number of nitrogens with one attached hydrogen (secondary N) is 1. The Morgan fingerprint density at radius 2 is 2.00 bits per heavy atom. The lowest BCUT2D eigenvalue weighted by Crippen LogP contribution is -2.24. The third-order valence-electron chi connectivity index (χ3n) is 3.93. The van der Waals surface area contributed by atoms with Gasteiger partial charge in [-0.25, -0.2) is 4.39 Å². The lowest BCUT2D eigenvalue weighted by atomic mass is 9.84. The van der Waals surface area contributed by atoms with Crippen LogP contribution in [0.5, 0.6) is 11.5 Å². The number of benzene rings is 2. The van der Waals surface area contributed by atoms with Gasteiger partial charge in [-0.2, -0.15) is 0 Å². The molecule has 4 nitrogen and oxygen atoms in total. The Morgan fingerprint density at radius 1 is 1.23 bits per heavy atom. The predicted octanol–water partition coefficient (Wildman–Crippen LogP) is 3.68. The molecule has 1 unspecified atom stereocenters. The smallest absolute Gasteiger partial charge is 0.231 e. The maximum absolute atomic E-state index is 14.3. The Bertz CT molecular complexity index is 773. The highest BCUT2D eigenvalue weighted by atomic mass is 35.5. The van der Waals surface area contributed by atoms with Crippen LogP contribution in [0, 0.1) is 5.82 Å². The largest absolute Gasteiger partial charge is 0.454 e. The molecule has 0 saturated carbocycles. The number of hydrogen-bond acceptors (Lipinski definition) is 3. The van der Waals surface area contributed by atoms with Gasteiger partial charge < -0.3 is 14.8 Å². The Balaban J connectivity index is 1.91. The fraction of sp³-hybridized carbons (Fsp3) is 0.188. The molecule has 2 aliphatic heterocycles. The molecule has 22 heavy (non-hydrogen) atoms. The topological polar surface area (TPSA) is 47.6 Å². The molecule has 0 aromatic heterocycles. The molecule has 0 saturated heterocycles. The molecule has 112 valence electrons. The van der Waals surface area contributed by atoms with E-state index in [0.717, 1.165) is 5.56 Å². The second kappa shape index (κ2) is 4.88. The van der Waals surface area contributed by atoms with Crippen LogP contribution >= 0.6 is 11.6 Å². The van der Waals surface area contributed by atoms with Gasteiger partial charge in [-0.05, 0) is 23.8 Å². The van der Waals surface area contributed by atoms with Crippen molar-refractivity contribution in [2.24, 2.45) is 0 Å². The zero-order valence-electron chi connectivity index (χ0n) is 11.4. The van der Waals surface area contributed by atoms with Crippen molar-refractivity contribution < 1.29 is 18.7 Å². The minimum absolute atomic E-state index is 0.132. The number of ether oxygens (including phenoxy) is 2. The molecule has 0 fully saturated rings. The second-order valence-corrected chi connectivity index (χ2v) is 5.64. The van der Waals surface area contributed by atoms with E-state index in [1.165, 1.54) is 6.07 Å². The van der Waals surface area contributed by atoms with E-state index < -0.39 is 11.7 Å². The first kappa shape index (κ1) is 13.4. The first-order valence-electron chi connectivity index (χ1n) is 6.81. The average molecular weight is 320 g/mol. The number of hydrogen-bond donors (Lipinski definition) is 1. The van der Waals surface area contributed by atoms with Gasteiger partial charge in [-0.15, -0.1) is 0 Å². The van der Waals surface area contributed by atoms with E-state index in [2.05, 4.69) is 5.32 Å². The molecular formula is C16H11ClFNO3. The van der Waals surface area contributed by atoms with Crippen molar-refractivity contribution in [2.45, 2.75) is 12.3 Å². The van der Waals surface area contributed by atoms with Gasteiger partial charge in [0.05, 0.1) is 0 Å². The van der Waals surface area contributed by atoms with Crippen molar-refractivity contribution in [3.63, 3.8) is 0 Å². The summed E-state index contributed by atoms with van der Waals surface area (Å²) in [6, 6.07) is 8.01. The molecule has 4 rings (SSSR count). The first-order valence-corrected chi connectivity index (χ1v) is 7.18. The average Bonchev–Trinajstić information content (AvgIpc) is 2.92. The highest BCUT2D eigenvalue weighted by molar-refractivity contribution is 6.31. The maximum Gasteiger partial charge on any atom is 0.231 e. The summed E-state index contributed by atoms with van der Waals surface area (Å²) < 4.78 is 24.9. The summed E-state index contributed by atoms with van der Waals surface area (Å²) >= 11 is 6.17. The first-order chi connectivity index (χ1) is 10.6. The number of amides is 1. The summed E-state index contributed by atoms with van der Waals surface area (Å²) in [4.78, 5) is 12.0. The second-order valence-electron chi connectivity index (χ2n) is 5.23. The summed E-state index contributed by atoms with van der Waals surface area (Å²) in [5, 5.41) is 3.10. The van der Waals surface area contributed by atoms with Gasteiger partial charge >= 0.3 is 0 Å². The van der Waals surface area contributed by atoms with Gasteiger partial charge in [0.2, 0.25) is 12.7 Å². The molecule has 1 atom stereocenters. The lowest BCUT2D eigenvalue weighted by Gasteiger charge is -2.27. The molecular weight excluding hydrogens is 309 g/mol. The molecule has 0 radical (unpaired) electrons. The SMILES string of the molecule is O=C1CC(c2c(F)cccc2Cl)c2cc3c(cc2N1)OCO3. The van der Waals surface area contributed by atoms with Gasteiger partial charge in [0.1, 0.15) is 5.82 Å². The van der Waals surface area contributed by atoms with E-state index in [9.17, 15) is 9.18 Å². The quantitative estimate of drug-likeness (QED) is 0.872. The molecule has 2 heterocycles. The van der Waals surface area contributed by atoms with Crippen LogP contribution in [0.2, 0.25) is 5.02 Å². The minimum Gasteiger partial charge on any atom is -0.454 e. The van der Waals surface area contributed by atoms with E-state index in [1.54, 1.807) is 24.3 Å². The molecule has 0 bridgehead atoms. The Hall–Kier alpha value is -2.27. The van der Waals surface area contributed by atoms with Crippen LogP contribution in [0.25, 0.3) is 0 Å². The van der Waals surface area contributed by atoms with Gasteiger partial charge in [0.25, 0.3) is 0 Å². The zero-order chi connectivity index (χ0) is 15.3. The van der Waals surface area contributed by atoms with Gasteiger partial charge in [0.15, 0.2) is 11.5 Å². The summed E-state index contributed by atoms with van der Waals surface area (Å²) in [5.41, 5.74) is 1.71. The summed E-state index contributed by atoms with van der Waals surface area (Å²) in [6.07, 6.45) is 0.132. The van der Waals surface area contributed by atoms with Gasteiger partial charge in [-0.3, -0.25) is 4.79 Å².